The zero-order valence-corrected chi connectivity index (χ0v) is 37.8. The number of carboxylic acids is 1. The first-order valence-electron chi connectivity index (χ1n) is 23.5. The molecule has 332 valence electrons. The molecule has 57 heavy (non-hydrogen) atoms. The average Bonchev–Trinajstić information content (AvgIpc) is 3.17. The van der Waals surface area contributed by atoms with E-state index in [1.807, 2.05) is 21.1 Å². The van der Waals surface area contributed by atoms with Crippen LogP contribution in [0.5, 0.6) is 0 Å². The highest BCUT2D eigenvalue weighted by atomic mass is 16.6. The highest BCUT2D eigenvalue weighted by Crippen LogP contribution is 2.16. The van der Waals surface area contributed by atoms with Crippen molar-refractivity contribution >= 4 is 17.9 Å². The molecule has 0 aliphatic heterocycles. The lowest BCUT2D eigenvalue weighted by atomic mass is 10.0. The molecule has 2 unspecified atom stereocenters. The lowest BCUT2D eigenvalue weighted by molar-refractivity contribution is -0.887. The summed E-state index contributed by atoms with van der Waals surface area (Å²) in [5, 5.41) is 9.62. The molecular formula is C49H90NO7+. The molecule has 0 aromatic carbocycles. The fourth-order valence-corrected chi connectivity index (χ4v) is 6.93. The molecule has 0 heterocycles. The maximum absolute atomic E-state index is 12.7. The van der Waals surface area contributed by atoms with E-state index in [2.05, 4.69) is 50.3 Å². The minimum atomic E-state index is -0.879. The largest absolute Gasteiger partial charge is 0.477 e. The van der Waals surface area contributed by atoms with Crippen LogP contribution in [0.4, 0.5) is 0 Å². The second-order valence-corrected chi connectivity index (χ2v) is 17.0. The summed E-state index contributed by atoms with van der Waals surface area (Å²) >= 11 is 0. The number of carbonyl (C=O) groups is 3. The van der Waals surface area contributed by atoms with E-state index in [1.54, 1.807) is 0 Å². The molecule has 2 atom stereocenters. The predicted molar refractivity (Wildman–Crippen MR) is 238 cm³/mol. The highest BCUT2D eigenvalue weighted by molar-refractivity contribution is 5.72. The third-order valence-corrected chi connectivity index (χ3v) is 10.6. The molecule has 8 heteroatoms. The molecule has 0 radical (unpaired) electrons. The van der Waals surface area contributed by atoms with Gasteiger partial charge in [-0.05, 0) is 44.9 Å². The number of ether oxygens (including phenoxy) is 3. The second kappa shape index (κ2) is 40.3. The minimum Gasteiger partial charge on any atom is -0.477 e. The Bertz CT molecular complexity index is 1030. The maximum atomic E-state index is 12.7. The molecule has 0 saturated carbocycles. The molecule has 0 amide bonds. The van der Waals surface area contributed by atoms with E-state index in [-0.39, 0.29) is 36.2 Å². The fraction of sp³-hybridized carbons (Fsp3) is 0.816. The van der Waals surface area contributed by atoms with Crippen LogP contribution in [0.3, 0.4) is 0 Å². The Morgan fingerprint density at radius 1 is 0.544 bits per heavy atom. The molecule has 0 aromatic heterocycles. The number of rotatable bonds is 42. The van der Waals surface area contributed by atoms with Crippen molar-refractivity contribution in [2.75, 3.05) is 41.0 Å². The van der Waals surface area contributed by atoms with Gasteiger partial charge in [0.2, 0.25) is 0 Å². The summed E-state index contributed by atoms with van der Waals surface area (Å²) in [6.45, 7) is 4.61. The number of allylic oxidation sites excluding steroid dienone is 6. The van der Waals surface area contributed by atoms with Crippen molar-refractivity contribution in [3.8, 4) is 0 Å². The first-order chi connectivity index (χ1) is 27.6. The SMILES string of the molecule is CC/C=C\C/C=C\C/C=C\CCCCCC(=O)OC(COCCC(C(=O)O)[N+](C)(C)C)COC(=O)CCCCCCCCCCCCCCCCCCCCCC. The van der Waals surface area contributed by atoms with Crippen LogP contribution in [-0.2, 0) is 28.6 Å². The van der Waals surface area contributed by atoms with Gasteiger partial charge in [0.05, 0.1) is 34.4 Å². The zero-order valence-electron chi connectivity index (χ0n) is 37.8. The van der Waals surface area contributed by atoms with Gasteiger partial charge in [0, 0.05) is 19.3 Å². The Kier molecular flexibility index (Phi) is 38.6. The van der Waals surface area contributed by atoms with Crippen LogP contribution in [-0.4, -0.2) is 80.6 Å². The lowest BCUT2D eigenvalue weighted by Gasteiger charge is -2.31. The van der Waals surface area contributed by atoms with Crippen molar-refractivity contribution in [2.45, 2.75) is 219 Å². The normalized spacial score (nSPS) is 13.2. The Morgan fingerprint density at radius 2 is 0.982 bits per heavy atom. The molecule has 0 aliphatic rings. The number of unbranched alkanes of at least 4 members (excludes halogenated alkanes) is 22. The van der Waals surface area contributed by atoms with Gasteiger partial charge in [0.25, 0.3) is 0 Å². The fourth-order valence-electron chi connectivity index (χ4n) is 6.93. The van der Waals surface area contributed by atoms with Crippen LogP contribution in [0.1, 0.15) is 206 Å². The van der Waals surface area contributed by atoms with E-state index >= 15 is 0 Å². The van der Waals surface area contributed by atoms with Crippen molar-refractivity contribution in [1.82, 2.24) is 0 Å². The van der Waals surface area contributed by atoms with Gasteiger partial charge >= 0.3 is 17.9 Å². The summed E-state index contributed by atoms with van der Waals surface area (Å²) in [7, 11) is 5.52. The van der Waals surface area contributed by atoms with Crippen molar-refractivity contribution < 1.29 is 38.2 Å². The average molecular weight is 805 g/mol. The maximum Gasteiger partial charge on any atom is 0.362 e. The monoisotopic (exact) mass is 805 g/mol. The van der Waals surface area contributed by atoms with Gasteiger partial charge in [-0.2, -0.15) is 0 Å². The number of carboxylic acid groups (broad SMARTS) is 1. The Balaban J connectivity index is 4.25. The summed E-state index contributed by atoms with van der Waals surface area (Å²) in [5.41, 5.74) is 0. The smallest absolute Gasteiger partial charge is 0.362 e. The van der Waals surface area contributed by atoms with Gasteiger partial charge in [0.1, 0.15) is 6.61 Å². The van der Waals surface area contributed by atoms with Gasteiger partial charge < -0.3 is 23.8 Å². The first-order valence-corrected chi connectivity index (χ1v) is 23.5. The molecular weight excluding hydrogens is 715 g/mol. The van der Waals surface area contributed by atoms with Gasteiger partial charge in [-0.25, -0.2) is 4.79 Å². The van der Waals surface area contributed by atoms with E-state index in [0.717, 1.165) is 64.2 Å². The number of nitrogens with zero attached hydrogens (tertiary/aromatic N) is 1. The molecule has 1 N–H and O–H groups in total. The van der Waals surface area contributed by atoms with Gasteiger partial charge in [-0.3, -0.25) is 9.59 Å². The molecule has 0 bridgehead atoms. The summed E-state index contributed by atoms with van der Waals surface area (Å²) in [6, 6.07) is -0.618. The third kappa shape index (κ3) is 38.8. The summed E-state index contributed by atoms with van der Waals surface area (Å²) in [4.78, 5) is 37.0. The topological polar surface area (TPSA) is 99.1 Å². The first kappa shape index (κ1) is 54.6. The highest BCUT2D eigenvalue weighted by Gasteiger charge is 2.31. The van der Waals surface area contributed by atoms with E-state index in [9.17, 15) is 19.5 Å². The van der Waals surface area contributed by atoms with E-state index in [1.165, 1.54) is 109 Å². The molecule has 0 rings (SSSR count). The molecule has 0 spiro atoms. The molecule has 0 aromatic rings. The third-order valence-electron chi connectivity index (χ3n) is 10.6. The van der Waals surface area contributed by atoms with E-state index < -0.39 is 18.1 Å². The van der Waals surface area contributed by atoms with Crippen molar-refractivity contribution in [3.05, 3.63) is 36.5 Å². The number of esters is 2. The number of quaternary nitrogens is 1. The van der Waals surface area contributed by atoms with Crippen molar-refractivity contribution in [3.63, 3.8) is 0 Å². The zero-order chi connectivity index (χ0) is 42.1. The molecule has 0 fully saturated rings. The standard InChI is InChI=1S/C49H89NO7/c1-6-8-10-12-14-16-18-20-21-22-23-24-25-26-28-29-31-33-35-37-39-47(51)56-44-45(43-55-42-41-46(49(53)54)50(3,4)5)57-48(52)40-38-36-34-32-30-27-19-17-15-13-11-9-7-2/h9,11,15,17,27,30,45-46H,6-8,10,12-14,16,18-26,28-29,31-44H2,1-5H3/p+1/b11-9-,17-15-,30-27-. The van der Waals surface area contributed by atoms with Crippen molar-refractivity contribution in [2.24, 2.45) is 0 Å². The summed E-state index contributed by atoms with van der Waals surface area (Å²) < 4.78 is 17.3. The minimum absolute atomic E-state index is 0.0515. The van der Waals surface area contributed by atoms with Crippen LogP contribution in [0, 0.1) is 0 Å². The predicted octanol–water partition coefficient (Wildman–Crippen LogP) is 13.0. The number of aliphatic carboxylic acids is 1. The van der Waals surface area contributed by atoms with E-state index in [0.29, 0.717) is 19.3 Å². The van der Waals surface area contributed by atoms with Crippen LogP contribution in [0.25, 0.3) is 0 Å². The van der Waals surface area contributed by atoms with Gasteiger partial charge in [-0.15, -0.1) is 0 Å². The molecule has 8 nitrogen and oxygen atoms in total. The summed E-state index contributed by atoms with van der Waals surface area (Å²) in [5.74, 6) is -1.50. The van der Waals surface area contributed by atoms with Crippen molar-refractivity contribution in [1.29, 1.82) is 0 Å². The van der Waals surface area contributed by atoms with Gasteiger partial charge in [0.15, 0.2) is 12.1 Å². The number of carbonyl (C=O) groups excluding carboxylic acids is 2. The molecule has 0 aliphatic carbocycles. The van der Waals surface area contributed by atoms with Crippen LogP contribution >= 0.6 is 0 Å². The van der Waals surface area contributed by atoms with E-state index in [4.69, 9.17) is 14.2 Å². The Morgan fingerprint density at radius 3 is 1.46 bits per heavy atom. The Labute approximate surface area is 351 Å². The lowest BCUT2D eigenvalue weighted by Crippen LogP contribution is -2.50. The van der Waals surface area contributed by atoms with Crippen LogP contribution in [0.15, 0.2) is 36.5 Å². The quantitative estimate of drug-likeness (QED) is 0.0284. The van der Waals surface area contributed by atoms with Crippen LogP contribution in [0.2, 0.25) is 0 Å². The Hall–Kier alpha value is -2.45. The number of hydrogen-bond acceptors (Lipinski definition) is 6. The molecule has 0 saturated heterocycles. The van der Waals surface area contributed by atoms with Crippen LogP contribution < -0.4 is 0 Å². The second-order valence-electron chi connectivity index (χ2n) is 17.0. The number of hydrogen-bond donors (Lipinski definition) is 1. The number of likely N-dealkylation sites (N-methyl/N-ethyl adjacent to an activating group) is 1. The van der Waals surface area contributed by atoms with Gasteiger partial charge in [-0.1, -0.05) is 179 Å². The summed E-state index contributed by atoms with van der Waals surface area (Å²) in [6.07, 6.45) is 46.3.